The van der Waals surface area contributed by atoms with E-state index in [2.05, 4.69) is 11.8 Å². The summed E-state index contributed by atoms with van der Waals surface area (Å²) in [5.74, 6) is 6.39. The molecular formula is C12H21ClO. The fraction of sp³-hybridized carbons (Fsp3) is 0.833. The van der Waals surface area contributed by atoms with Crippen LogP contribution in [0, 0.1) is 11.8 Å². The molecular weight excluding hydrogens is 196 g/mol. The Bertz CT molecular complexity index is 157. The monoisotopic (exact) mass is 216 g/mol. The normalized spacial score (nSPS) is 9.57. The minimum absolute atomic E-state index is 0.00156. The highest BCUT2D eigenvalue weighted by atomic mass is 35.5. The van der Waals surface area contributed by atoms with E-state index in [1.807, 2.05) is 0 Å². The van der Waals surface area contributed by atoms with E-state index in [0.29, 0.717) is 0 Å². The number of aliphatic hydroxyl groups is 1. The lowest BCUT2D eigenvalue weighted by Crippen LogP contribution is -1.81. The topological polar surface area (TPSA) is 20.2 Å². The molecule has 0 amide bonds. The highest BCUT2D eigenvalue weighted by molar-refractivity contribution is 6.17. The molecule has 0 aromatic rings. The lowest BCUT2D eigenvalue weighted by atomic mass is 10.1. The summed E-state index contributed by atoms with van der Waals surface area (Å²) in [5, 5.41) is 8.41. The van der Waals surface area contributed by atoms with Crippen molar-refractivity contribution in [2.24, 2.45) is 0 Å². The lowest BCUT2D eigenvalue weighted by Gasteiger charge is -1.98. The molecule has 0 aliphatic carbocycles. The predicted octanol–water partition coefficient (Wildman–Crippen LogP) is 3.34. The van der Waals surface area contributed by atoms with Crippen LogP contribution in [-0.4, -0.2) is 17.6 Å². The van der Waals surface area contributed by atoms with Crippen molar-refractivity contribution in [1.29, 1.82) is 0 Å². The van der Waals surface area contributed by atoms with Gasteiger partial charge in [-0.3, -0.25) is 0 Å². The van der Waals surface area contributed by atoms with E-state index in [9.17, 15) is 0 Å². The zero-order valence-corrected chi connectivity index (χ0v) is 9.65. The number of unbranched alkanes of at least 4 members (excludes halogenated alkanes) is 7. The van der Waals surface area contributed by atoms with E-state index in [4.69, 9.17) is 16.7 Å². The minimum Gasteiger partial charge on any atom is -0.384 e. The third-order valence-electron chi connectivity index (χ3n) is 2.14. The Hall–Kier alpha value is -0.190. The van der Waals surface area contributed by atoms with Crippen molar-refractivity contribution in [1.82, 2.24) is 0 Å². The number of alkyl halides is 1. The van der Waals surface area contributed by atoms with Crippen LogP contribution in [0.3, 0.4) is 0 Å². The molecule has 0 aromatic heterocycles. The Labute approximate surface area is 92.9 Å². The maximum absolute atomic E-state index is 8.41. The van der Waals surface area contributed by atoms with Crippen molar-refractivity contribution in [3.05, 3.63) is 0 Å². The molecule has 0 saturated heterocycles. The fourth-order valence-corrected chi connectivity index (χ4v) is 1.53. The summed E-state index contributed by atoms with van der Waals surface area (Å²) >= 11 is 5.58. The van der Waals surface area contributed by atoms with Crippen LogP contribution in [0.25, 0.3) is 0 Å². The molecule has 1 N–H and O–H groups in total. The maximum atomic E-state index is 8.41. The van der Waals surface area contributed by atoms with Crippen molar-refractivity contribution in [2.75, 3.05) is 12.5 Å². The smallest absolute Gasteiger partial charge is 0.104 e. The van der Waals surface area contributed by atoms with Gasteiger partial charge >= 0.3 is 0 Å². The Morgan fingerprint density at radius 2 is 1.36 bits per heavy atom. The molecule has 0 aliphatic rings. The number of halogens is 1. The Balaban J connectivity index is 2.92. The van der Waals surface area contributed by atoms with Crippen LogP contribution in [0.2, 0.25) is 0 Å². The van der Waals surface area contributed by atoms with Gasteiger partial charge in [0.25, 0.3) is 0 Å². The fourth-order valence-electron chi connectivity index (χ4n) is 1.34. The molecule has 14 heavy (non-hydrogen) atoms. The summed E-state index contributed by atoms with van der Waals surface area (Å²) in [6.45, 7) is -0.00156. The molecule has 0 atom stereocenters. The molecule has 1 nitrogen and oxygen atoms in total. The van der Waals surface area contributed by atoms with Crippen LogP contribution in [0.4, 0.5) is 0 Å². The first-order valence-corrected chi connectivity index (χ1v) is 6.08. The molecule has 2 heteroatoms. The van der Waals surface area contributed by atoms with Crippen LogP contribution >= 0.6 is 11.6 Å². The molecule has 0 rings (SSSR count). The average molecular weight is 217 g/mol. The zero-order valence-electron chi connectivity index (χ0n) is 8.90. The van der Waals surface area contributed by atoms with Gasteiger partial charge in [0.05, 0.1) is 0 Å². The first-order chi connectivity index (χ1) is 6.91. The molecule has 0 saturated carbocycles. The molecule has 0 fully saturated rings. The van der Waals surface area contributed by atoms with Gasteiger partial charge in [-0.15, -0.1) is 17.5 Å². The molecule has 0 aliphatic heterocycles. The molecule has 0 spiro atoms. The third kappa shape index (κ3) is 11.8. The SMILES string of the molecule is OCC#CCCCCCCCCCCl. The average Bonchev–Trinajstić information content (AvgIpc) is 2.21. The van der Waals surface area contributed by atoms with E-state index >= 15 is 0 Å². The molecule has 0 radical (unpaired) electrons. The summed E-state index contributed by atoms with van der Waals surface area (Å²) < 4.78 is 0. The first kappa shape index (κ1) is 13.8. The van der Waals surface area contributed by atoms with Crippen molar-refractivity contribution < 1.29 is 5.11 Å². The van der Waals surface area contributed by atoms with Gasteiger partial charge in [0, 0.05) is 12.3 Å². The number of hydrogen-bond acceptors (Lipinski definition) is 1. The molecule has 0 heterocycles. The van der Waals surface area contributed by atoms with Crippen LogP contribution < -0.4 is 0 Å². The van der Waals surface area contributed by atoms with E-state index in [1.54, 1.807) is 0 Å². The highest BCUT2D eigenvalue weighted by Crippen LogP contribution is 2.08. The van der Waals surface area contributed by atoms with Gasteiger partial charge in [-0.05, 0) is 12.8 Å². The Kier molecular flexibility index (Phi) is 12.6. The van der Waals surface area contributed by atoms with Crippen molar-refractivity contribution in [2.45, 2.75) is 51.4 Å². The summed E-state index contributed by atoms with van der Waals surface area (Å²) in [6, 6.07) is 0. The second-order valence-electron chi connectivity index (χ2n) is 3.43. The molecule has 0 aromatic carbocycles. The second-order valence-corrected chi connectivity index (χ2v) is 3.80. The Morgan fingerprint density at radius 1 is 0.786 bits per heavy atom. The summed E-state index contributed by atoms with van der Waals surface area (Å²) in [7, 11) is 0. The van der Waals surface area contributed by atoms with Crippen LogP contribution in [0.5, 0.6) is 0 Å². The Morgan fingerprint density at radius 3 is 1.93 bits per heavy atom. The standard InChI is InChI=1S/C12H21ClO/c13-11-9-7-5-3-1-2-4-6-8-10-12-14/h14H,1-7,9,11-12H2. The molecule has 0 bridgehead atoms. The van der Waals surface area contributed by atoms with E-state index in [-0.39, 0.29) is 6.61 Å². The quantitative estimate of drug-likeness (QED) is 0.375. The van der Waals surface area contributed by atoms with Gasteiger partial charge in [-0.25, -0.2) is 0 Å². The largest absolute Gasteiger partial charge is 0.384 e. The van der Waals surface area contributed by atoms with Gasteiger partial charge in [0.2, 0.25) is 0 Å². The third-order valence-corrected chi connectivity index (χ3v) is 2.41. The number of rotatable bonds is 8. The van der Waals surface area contributed by atoms with Gasteiger partial charge in [-0.2, -0.15) is 0 Å². The molecule has 82 valence electrons. The second kappa shape index (κ2) is 12.8. The predicted molar refractivity (Wildman–Crippen MR) is 62.5 cm³/mol. The lowest BCUT2D eigenvalue weighted by molar-refractivity contribution is 0.350. The van der Waals surface area contributed by atoms with E-state index < -0.39 is 0 Å². The van der Waals surface area contributed by atoms with Gasteiger partial charge in [0.15, 0.2) is 0 Å². The van der Waals surface area contributed by atoms with Crippen molar-refractivity contribution >= 4 is 11.6 Å². The van der Waals surface area contributed by atoms with E-state index in [0.717, 1.165) is 18.7 Å². The summed E-state index contributed by atoms with van der Waals surface area (Å²) in [4.78, 5) is 0. The van der Waals surface area contributed by atoms with Gasteiger partial charge in [-0.1, -0.05) is 38.0 Å². The summed E-state index contributed by atoms with van der Waals surface area (Å²) in [6.07, 6.45) is 9.74. The minimum atomic E-state index is -0.00156. The number of aliphatic hydroxyl groups excluding tert-OH is 1. The van der Waals surface area contributed by atoms with Crippen LogP contribution in [0.1, 0.15) is 51.4 Å². The van der Waals surface area contributed by atoms with Crippen molar-refractivity contribution in [3.63, 3.8) is 0 Å². The van der Waals surface area contributed by atoms with Crippen LogP contribution in [-0.2, 0) is 0 Å². The van der Waals surface area contributed by atoms with Gasteiger partial charge in [0.1, 0.15) is 6.61 Å². The highest BCUT2D eigenvalue weighted by Gasteiger charge is 1.90. The number of hydrogen-bond donors (Lipinski definition) is 1. The van der Waals surface area contributed by atoms with Gasteiger partial charge < -0.3 is 5.11 Å². The van der Waals surface area contributed by atoms with E-state index in [1.165, 1.54) is 38.5 Å². The van der Waals surface area contributed by atoms with Crippen molar-refractivity contribution in [3.8, 4) is 11.8 Å². The summed E-state index contributed by atoms with van der Waals surface area (Å²) in [5.41, 5.74) is 0. The zero-order chi connectivity index (χ0) is 10.5. The van der Waals surface area contributed by atoms with Crippen LogP contribution in [0.15, 0.2) is 0 Å². The maximum Gasteiger partial charge on any atom is 0.104 e. The molecule has 0 unspecified atom stereocenters. The first-order valence-electron chi connectivity index (χ1n) is 5.54.